The third-order valence-corrected chi connectivity index (χ3v) is 4.75. The molecule has 0 amide bonds. The number of fused-ring (bicyclic) bond motifs is 1. The third-order valence-electron chi connectivity index (χ3n) is 4.75. The average molecular weight is 482 g/mol. The highest BCUT2D eigenvalue weighted by molar-refractivity contribution is 14.0. The summed E-state index contributed by atoms with van der Waals surface area (Å²) in [6.45, 7) is 4.77. The second-order valence-electron chi connectivity index (χ2n) is 6.63. The summed E-state index contributed by atoms with van der Waals surface area (Å²) < 4.78 is 12.9. The molecule has 3 rings (SSSR count). The van der Waals surface area contributed by atoms with E-state index in [1.165, 1.54) is 23.3 Å². The van der Waals surface area contributed by atoms with Gasteiger partial charge in [-0.15, -0.1) is 24.0 Å². The van der Waals surface area contributed by atoms with Crippen molar-refractivity contribution < 1.29 is 4.39 Å². The van der Waals surface area contributed by atoms with Crippen LogP contribution in [0.2, 0.25) is 0 Å². The summed E-state index contributed by atoms with van der Waals surface area (Å²) in [4.78, 5) is 6.75. The molecule has 1 heterocycles. The molecule has 0 saturated heterocycles. The largest absolute Gasteiger partial charge is 0.356 e. The van der Waals surface area contributed by atoms with Crippen LogP contribution >= 0.6 is 24.0 Å². The molecule has 2 aromatic carbocycles. The number of guanidine groups is 1. The zero-order valence-corrected chi connectivity index (χ0v) is 18.1. The van der Waals surface area contributed by atoms with Crippen LogP contribution in [0, 0.1) is 5.82 Å². The molecule has 0 radical (unpaired) electrons. The molecule has 0 spiro atoms. The van der Waals surface area contributed by atoms with Gasteiger partial charge >= 0.3 is 0 Å². The van der Waals surface area contributed by atoms with E-state index < -0.39 is 0 Å². The van der Waals surface area contributed by atoms with Gasteiger partial charge in [0.15, 0.2) is 5.96 Å². The second-order valence-corrected chi connectivity index (χ2v) is 6.63. The number of halogens is 2. The Morgan fingerprint density at radius 3 is 2.56 bits per heavy atom. The normalized spacial score (nSPS) is 14.2. The molecule has 146 valence electrons. The van der Waals surface area contributed by atoms with Crippen molar-refractivity contribution in [1.82, 2.24) is 15.5 Å². The lowest BCUT2D eigenvalue weighted by atomic mass is 10.00. The standard InChI is InChI=1S/C21H27FN4.HI/c1-23-21(25-15-17-7-9-20(22)10-8-17)24-12-4-13-26-14-11-18-5-2-3-6-19(18)16-26;/h2-3,5-10H,4,11-16H2,1H3,(H2,23,24,25);1H. The molecule has 2 aromatic rings. The van der Waals surface area contributed by atoms with Gasteiger partial charge in [0, 0.05) is 39.8 Å². The van der Waals surface area contributed by atoms with Crippen molar-refractivity contribution in [1.29, 1.82) is 0 Å². The van der Waals surface area contributed by atoms with Crippen LogP contribution in [-0.4, -0.2) is 37.5 Å². The Labute approximate surface area is 178 Å². The fraction of sp³-hybridized carbons (Fsp3) is 0.381. The molecule has 2 N–H and O–H groups in total. The molecular formula is C21H28FIN4. The number of rotatable bonds is 6. The van der Waals surface area contributed by atoms with Crippen LogP contribution in [0.3, 0.4) is 0 Å². The third kappa shape index (κ3) is 6.77. The van der Waals surface area contributed by atoms with Crippen LogP contribution in [0.4, 0.5) is 4.39 Å². The maximum atomic E-state index is 12.9. The Morgan fingerprint density at radius 1 is 1.07 bits per heavy atom. The summed E-state index contributed by atoms with van der Waals surface area (Å²) in [5, 5.41) is 6.61. The fourth-order valence-electron chi connectivity index (χ4n) is 3.26. The van der Waals surface area contributed by atoms with E-state index in [-0.39, 0.29) is 29.8 Å². The van der Waals surface area contributed by atoms with Gasteiger partial charge in [0.05, 0.1) is 0 Å². The Bertz CT molecular complexity index is 733. The van der Waals surface area contributed by atoms with Gasteiger partial charge in [0.2, 0.25) is 0 Å². The molecule has 4 nitrogen and oxygen atoms in total. The van der Waals surface area contributed by atoms with E-state index in [4.69, 9.17) is 0 Å². The smallest absolute Gasteiger partial charge is 0.191 e. The summed E-state index contributed by atoms with van der Waals surface area (Å²) in [5.74, 6) is 0.565. The molecule has 0 atom stereocenters. The van der Waals surface area contributed by atoms with Crippen LogP contribution in [0.15, 0.2) is 53.5 Å². The number of nitrogens with zero attached hydrogens (tertiary/aromatic N) is 2. The highest BCUT2D eigenvalue weighted by atomic mass is 127. The van der Waals surface area contributed by atoms with Crippen LogP contribution in [-0.2, 0) is 19.5 Å². The number of hydrogen-bond acceptors (Lipinski definition) is 2. The Balaban J connectivity index is 0.00000261. The van der Waals surface area contributed by atoms with Gasteiger partial charge in [-0.3, -0.25) is 9.89 Å². The Morgan fingerprint density at radius 2 is 1.81 bits per heavy atom. The molecule has 1 aliphatic rings. The molecule has 0 unspecified atom stereocenters. The van der Waals surface area contributed by atoms with Gasteiger partial charge in [-0.1, -0.05) is 36.4 Å². The minimum Gasteiger partial charge on any atom is -0.356 e. The van der Waals surface area contributed by atoms with Crippen molar-refractivity contribution >= 4 is 29.9 Å². The van der Waals surface area contributed by atoms with E-state index >= 15 is 0 Å². The lowest BCUT2D eigenvalue weighted by Crippen LogP contribution is -2.39. The summed E-state index contributed by atoms with van der Waals surface area (Å²) in [7, 11) is 1.77. The van der Waals surface area contributed by atoms with Gasteiger partial charge in [0.1, 0.15) is 5.82 Å². The molecule has 1 aliphatic heterocycles. The lowest BCUT2D eigenvalue weighted by Gasteiger charge is -2.28. The zero-order chi connectivity index (χ0) is 18.2. The predicted octanol–water partition coefficient (Wildman–Crippen LogP) is 3.56. The second kappa shape index (κ2) is 11.2. The van der Waals surface area contributed by atoms with Crippen molar-refractivity contribution in [3.63, 3.8) is 0 Å². The summed E-state index contributed by atoms with van der Waals surface area (Å²) in [6.07, 6.45) is 2.21. The zero-order valence-electron chi connectivity index (χ0n) is 15.7. The number of nitrogens with one attached hydrogen (secondary N) is 2. The molecule has 0 aliphatic carbocycles. The molecular weight excluding hydrogens is 454 g/mol. The molecule has 27 heavy (non-hydrogen) atoms. The van der Waals surface area contributed by atoms with Crippen molar-refractivity contribution in [3.8, 4) is 0 Å². The fourth-order valence-corrected chi connectivity index (χ4v) is 3.26. The first-order valence-electron chi connectivity index (χ1n) is 9.22. The lowest BCUT2D eigenvalue weighted by molar-refractivity contribution is 0.251. The quantitative estimate of drug-likeness (QED) is 0.287. The van der Waals surface area contributed by atoms with Crippen molar-refractivity contribution in [2.45, 2.75) is 25.9 Å². The first-order valence-corrected chi connectivity index (χ1v) is 9.22. The van der Waals surface area contributed by atoms with E-state index in [1.54, 1.807) is 19.2 Å². The van der Waals surface area contributed by atoms with E-state index in [0.717, 1.165) is 50.5 Å². The van der Waals surface area contributed by atoms with Crippen LogP contribution in [0.25, 0.3) is 0 Å². The molecule has 0 aromatic heterocycles. The van der Waals surface area contributed by atoms with E-state index in [9.17, 15) is 4.39 Å². The van der Waals surface area contributed by atoms with Gasteiger partial charge in [-0.05, 0) is 41.7 Å². The van der Waals surface area contributed by atoms with Crippen LogP contribution in [0.1, 0.15) is 23.1 Å². The summed E-state index contributed by atoms with van der Waals surface area (Å²) >= 11 is 0. The highest BCUT2D eigenvalue weighted by Gasteiger charge is 2.14. The molecule has 6 heteroatoms. The number of aliphatic imine (C=N–C) groups is 1. The SMILES string of the molecule is CN=C(NCCCN1CCc2ccccc2C1)NCc1ccc(F)cc1.I. The minimum absolute atomic E-state index is 0. The minimum atomic E-state index is -0.211. The highest BCUT2D eigenvalue weighted by Crippen LogP contribution is 2.18. The molecule has 0 saturated carbocycles. The molecule has 0 bridgehead atoms. The topological polar surface area (TPSA) is 39.7 Å². The Hall–Kier alpha value is -1.67. The van der Waals surface area contributed by atoms with Crippen LogP contribution in [0.5, 0.6) is 0 Å². The maximum Gasteiger partial charge on any atom is 0.191 e. The van der Waals surface area contributed by atoms with Gasteiger partial charge in [-0.2, -0.15) is 0 Å². The van der Waals surface area contributed by atoms with E-state index in [0.29, 0.717) is 6.54 Å². The van der Waals surface area contributed by atoms with Gasteiger partial charge in [0.25, 0.3) is 0 Å². The summed E-state index contributed by atoms with van der Waals surface area (Å²) in [5.41, 5.74) is 3.98. The first-order chi connectivity index (χ1) is 12.7. The van der Waals surface area contributed by atoms with Crippen molar-refractivity contribution in [2.75, 3.05) is 26.7 Å². The van der Waals surface area contributed by atoms with Gasteiger partial charge < -0.3 is 10.6 Å². The predicted molar refractivity (Wildman–Crippen MR) is 120 cm³/mol. The maximum absolute atomic E-state index is 12.9. The monoisotopic (exact) mass is 482 g/mol. The number of benzene rings is 2. The van der Waals surface area contributed by atoms with Crippen molar-refractivity contribution in [3.05, 3.63) is 71.0 Å². The van der Waals surface area contributed by atoms with Crippen molar-refractivity contribution in [2.24, 2.45) is 4.99 Å². The van der Waals surface area contributed by atoms with E-state index in [1.807, 2.05) is 0 Å². The number of hydrogen-bond donors (Lipinski definition) is 2. The molecule has 0 fully saturated rings. The van der Waals surface area contributed by atoms with Gasteiger partial charge in [-0.25, -0.2) is 4.39 Å². The van der Waals surface area contributed by atoms with Crippen LogP contribution < -0.4 is 10.6 Å². The summed E-state index contributed by atoms with van der Waals surface area (Å²) in [6, 6.07) is 15.2. The average Bonchev–Trinajstić information content (AvgIpc) is 2.68. The Kier molecular flexibility index (Phi) is 9.00. The first kappa shape index (κ1) is 21.6. The van der Waals surface area contributed by atoms with E-state index in [2.05, 4.69) is 44.8 Å².